The molecular formula is C31H29FN6O5S. The fourth-order valence-corrected chi connectivity index (χ4v) is 7.94. The molecule has 0 radical (unpaired) electrons. The number of nitriles is 1. The van der Waals surface area contributed by atoms with E-state index in [1.165, 1.54) is 17.3 Å². The highest BCUT2D eigenvalue weighted by molar-refractivity contribution is 7.23. The number of carbonyl (C=O) groups is 2. The molecule has 0 aliphatic carbocycles. The summed E-state index contributed by atoms with van der Waals surface area (Å²) in [4.78, 5) is 37.4. The number of nitrogens with one attached hydrogen (secondary N) is 1. The van der Waals surface area contributed by atoms with Crippen molar-refractivity contribution in [1.82, 2.24) is 14.9 Å². The highest BCUT2D eigenvalue weighted by atomic mass is 32.1. The lowest BCUT2D eigenvalue weighted by Gasteiger charge is -2.34. The number of aryl methyl sites for hydroxylation is 1. The van der Waals surface area contributed by atoms with Crippen LogP contribution in [0.1, 0.15) is 49.4 Å². The van der Waals surface area contributed by atoms with Crippen LogP contribution in [-0.4, -0.2) is 62.9 Å². The third-order valence-corrected chi connectivity index (χ3v) is 9.68. The van der Waals surface area contributed by atoms with Gasteiger partial charge in [-0.3, -0.25) is 5.32 Å². The average Bonchev–Trinajstić information content (AvgIpc) is 3.75. The molecule has 2 fully saturated rings. The first-order valence-electron chi connectivity index (χ1n) is 14.2. The molecule has 2 amide bonds. The molecule has 3 aliphatic rings. The molecule has 3 aliphatic heterocycles. The second-order valence-electron chi connectivity index (χ2n) is 12.3. The van der Waals surface area contributed by atoms with Crippen molar-refractivity contribution >= 4 is 55.3 Å². The van der Waals surface area contributed by atoms with E-state index in [2.05, 4.69) is 16.3 Å². The van der Waals surface area contributed by atoms with Crippen LogP contribution in [0.2, 0.25) is 0 Å². The van der Waals surface area contributed by atoms with Crippen LogP contribution >= 0.6 is 11.3 Å². The number of halogens is 1. The molecule has 0 spiro atoms. The number of carboxylic acid groups (broad SMARTS) is 1. The third kappa shape index (κ3) is 4.31. The van der Waals surface area contributed by atoms with Crippen molar-refractivity contribution in [2.75, 3.05) is 23.3 Å². The number of carbonyl (C=O) groups excluding carboxylic acids is 1. The molecule has 2 atom stereocenters. The molecule has 2 aromatic carbocycles. The number of hydrogen-bond donors (Lipinski definition) is 2. The Morgan fingerprint density at radius 2 is 1.95 bits per heavy atom. The van der Waals surface area contributed by atoms with Crippen LogP contribution in [-0.2, 0) is 22.7 Å². The van der Waals surface area contributed by atoms with Crippen LogP contribution in [0.4, 0.5) is 24.8 Å². The quantitative estimate of drug-likeness (QED) is 0.277. The number of nitrogens with zero attached hydrogens (tertiary/aromatic N) is 5. The number of aromatic nitrogens is 2. The molecule has 226 valence electrons. The highest BCUT2D eigenvalue weighted by Gasteiger charge is 2.46. The van der Waals surface area contributed by atoms with Crippen molar-refractivity contribution in [2.24, 2.45) is 0 Å². The predicted molar refractivity (Wildman–Crippen MR) is 162 cm³/mol. The minimum atomic E-state index is -0.903. The number of rotatable bonds is 3. The second-order valence-corrected chi connectivity index (χ2v) is 13.4. The Bertz CT molecular complexity index is 1950. The van der Waals surface area contributed by atoms with Gasteiger partial charge in [-0.05, 0) is 68.0 Å². The highest BCUT2D eigenvalue weighted by Crippen LogP contribution is 2.48. The van der Waals surface area contributed by atoms with Crippen LogP contribution in [0.15, 0.2) is 18.5 Å². The molecule has 0 unspecified atom stereocenters. The number of fused-ring (bicyclic) bond motifs is 6. The van der Waals surface area contributed by atoms with Crippen molar-refractivity contribution < 1.29 is 28.6 Å². The molecule has 7 rings (SSSR count). The molecule has 2 bridgehead atoms. The zero-order valence-corrected chi connectivity index (χ0v) is 25.3. The summed E-state index contributed by atoms with van der Waals surface area (Å²) in [5.41, 5.74) is 4.22. The van der Waals surface area contributed by atoms with Gasteiger partial charge in [0.05, 0.1) is 41.1 Å². The second kappa shape index (κ2) is 10.0. The summed E-state index contributed by atoms with van der Waals surface area (Å²) < 4.78 is 26.9. The minimum absolute atomic E-state index is 0.0174. The zero-order valence-electron chi connectivity index (χ0n) is 24.5. The smallest absolute Gasteiger partial charge is 0.412 e. The average molecular weight is 617 g/mol. The third-order valence-electron chi connectivity index (χ3n) is 8.56. The van der Waals surface area contributed by atoms with Crippen LogP contribution in [0.5, 0.6) is 0 Å². The lowest BCUT2D eigenvalue weighted by atomic mass is 9.87. The Balaban J connectivity index is 1.40. The van der Waals surface area contributed by atoms with E-state index in [0.29, 0.717) is 42.8 Å². The maximum absolute atomic E-state index is 15.3. The molecular weight excluding hydrogens is 587 g/mol. The minimum Gasteiger partial charge on any atom is -0.465 e. The molecule has 2 N–H and O–H groups in total. The van der Waals surface area contributed by atoms with Crippen LogP contribution < -0.4 is 10.2 Å². The summed E-state index contributed by atoms with van der Waals surface area (Å²) >= 11 is 0.991. The molecule has 44 heavy (non-hydrogen) atoms. The number of amides is 2. The molecule has 2 aromatic heterocycles. The molecule has 11 nitrogen and oxygen atoms in total. The van der Waals surface area contributed by atoms with Crippen LogP contribution in [0.3, 0.4) is 0 Å². The maximum atomic E-state index is 15.3. The van der Waals surface area contributed by atoms with Gasteiger partial charge in [0.15, 0.2) is 0 Å². The normalized spacial score (nSPS) is 19.1. The fraction of sp³-hybridized carbons (Fsp3) is 0.387. The Hall–Kier alpha value is -4.54. The van der Waals surface area contributed by atoms with Crippen LogP contribution in [0.25, 0.3) is 32.1 Å². The SMILES string of the molecule is Cc1c(-c2ccc(F)c3sc(NC(=O)OC(C)(C)C)c(C#N)c23)c2c(c3c(N4C[C@H]5C[C@@H]4CN5C(=O)O)ncnc13)COC2. The lowest BCUT2D eigenvalue weighted by Crippen LogP contribution is -2.48. The van der Waals surface area contributed by atoms with Crippen molar-refractivity contribution in [1.29, 1.82) is 5.26 Å². The van der Waals surface area contributed by atoms with Gasteiger partial charge in [0.2, 0.25) is 0 Å². The number of anilines is 2. The number of hydrogen-bond acceptors (Lipinski definition) is 9. The molecule has 5 heterocycles. The summed E-state index contributed by atoms with van der Waals surface area (Å²) in [5, 5.41) is 24.0. The summed E-state index contributed by atoms with van der Waals surface area (Å²) in [6.45, 7) is 8.76. The van der Waals surface area contributed by atoms with Gasteiger partial charge >= 0.3 is 12.2 Å². The van der Waals surface area contributed by atoms with E-state index in [9.17, 15) is 20.0 Å². The summed E-state index contributed by atoms with van der Waals surface area (Å²) in [7, 11) is 0. The summed E-state index contributed by atoms with van der Waals surface area (Å²) in [6.07, 6.45) is 0.631. The Morgan fingerprint density at radius 3 is 2.64 bits per heavy atom. The maximum Gasteiger partial charge on any atom is 0.412 e. The largest absolute Gasteiger partial charge is 0.465 e. The first-order valence-corrected chi connectivity index (χ1v) is 15.1. The van der Waals surface area contributed by atoms with Gasteiger partial charge in [-0.1, -0.05) is 6.07 Å². The zero-order chi connectivity index (χ0) is 31.1. The monoisotopic (exact) mass is 616 g/mol. The van der Waals surface area contributed by atoms with Gasteiger partial charge in [0.1, 0.15) is 34.6 Å². The van der Waals surface area contributed by atoms with Crippen molar-refractivity contribution in [2.45, 2.75) is 65.0 Å². The van der Waals surface area contributed by atoms with E-state index in [1.807, 2.05) is 6.92 Å². The van der Waals surface area contributed by atoms with E-state index in [1.54, 1.807) is 26.8 Å². The number of piperazine rings is 1. The number of thiophene rings is 1. The standard InChI is InChI=1S/C31H29FN6O5S/c1-14-22(17-5-6-21(32)26-23(17)18(8-33)28(44-26)36-29(39)43-31(2,3)4)19-11-42-12-20(19)24-25(14)34-13-35-27(24)37-9-16-7-15(37)10-38(16)30(40)41/h5-6,13,15-16H,7,9-12H2,1-4H3,(H,36,39)(H,40,41)/t15-,16-/m1/s1. The van der Waals surface area contributed by atoms with Gasteiger partial charge in [-0.25, -0.2) is 23.9 Å². The number of ether oxygens (including phenoxy) is 2. The van der Waals surface area contributed by atoms with Gasteiger partial charge in [0.25, 0.3) is 0 Å². The molecule has 4 aromatic rings. The first-order chi connectivity index (χ1) is 21.0. The van der Waals surface area contributed by atoms with Crippen molar-refractivity contribution in [3.63, 3.8) is 0 Å². The molecule has 0 saturated carbocycles. The fourth-order valence-electron chi connectivity index (χ4n) is 6.87. The van der Waals surface area contributed by atoms with Gasteiger partial charge in [0, 0.05) is 23.9 Å². The topological polar surface area (TPSA) is 141 Å². The summed E-state index contributed by atoms with van der Waals surface area (Å²) in [6, 6.07) is 5.15. The first kappa shape index (κ1) is 28.2. The molecule has 2 saturated heterocycles. The summed E-state index contributed by atoms with van der Waals surface area (Å²) in [5.74, 6) is 0.253. The van der Waals surface area contributed by atoms with E-state index in [-0.39, 0.29) is 27.3 Å². The Morgan fingerprint density at radius 1 is 1.18 bits per heavy atom. The molecule has 13 heteroatoms. The van der Waals surface area contributed by atoms with E-state index in [0.717, 1.165) is 51.2 Å². The number of likely N-dealkylation sites (tertiary alicyclic amines) is 1. The number of benzene rings is 2. The van der Waals surface area contributed by atoms with Crippen molar-refractivity contribution in [3.05, 3.63) is 46.5 Å². The Kier molecular flexibility index (Phi) is 6.42. The van der Waals surface area contributed by atoms with Crippen LogP contribution in [0, 0.1) is 24.1 Å². The van der Waals surface area contributed by atoms with Gasteiger partial charge in [-0.2, -0.15) is 5.26 Å². The van der Waals surface area contributed by atoms with Crippen molar-refractivity contribution in [3.8, 4) is 17.2 Å². The van der Waals surface area contributed by atoms with E-state index in [4.69, 9.17) is 19.4 Å². The lowest BCUT2D eigenvalue weighted by molar-refractivity contribution is 0.0636. The predicted octanol–water partition coefficient (Wildman–Crippen LogP) is 6.15. The van der Waals surface area contributed by atoms with E-state index >= 15 is 4.39 Å². The van der Waals surface area contributed by atoms with Gasteiger partial charge in [-0.15, -0.1) is 11.3 Å². The Labute approximate surface area is 255 Å². The van der Waals surface area contributed by atoms with Gasteiger partial charge < -0.3 is 24.4 Å². The van der Waals surface area contributed by atoms with E-state index < -0.39 is 23.6 Å².